The van der Waals surface area contributed by atoms with Crippen LogP contribution in [0.5, 0.6) is 0 Å². The topological polar surface area (TPSA) is 43.6 Å². The molecule has 4 nitrogen and oxygen atoms in total. The molecule has 14 aromatic rings. The quantitative estimate of drug-likeness (QED) is 0.145. The highest BCUT2D eigenvalue weighted by Gasteiger charge is 2.36. The van der Waals surface area contributed by atoms with E-state index in [0.29, 0.717) is 17.6 Å². The molecule has 0 radical (unpaired) electrons. The molecular formula is C76H52N4. The van der Waals surface area contributed by atoms with Crippen LogP contribution in [0.2, 0.25) is 0 Å². The normalized spacial score (nSPS) is 12.5. The fourth-order valence-electron chi connectivity index (χ4n) is 12.5. The molecule has 15 rings (SSSR count). The lowest BCUT2D eigenvalue weighted by atomic mass is 9.82. The van der Waals surface area contributed by atoms with Crippen LogP contribution in [0.15, 0.2) is 279 Å². The van der Waals surface area contributed by atoms with Gasteiger partial charge in [-0.05, 0) is 154 Å². The molecule has 0 aliphatic heterocycles. The maximum absolute atomic E-state index is 5.65. The summed E-state index contributed by atoms with van der Waals surface area (Å²) < 4.78 is 2.27. The molecule has 0 fully saturated rings. The van der Waals surface area contributed by atoms with Crippen molar-refractivity contribution in [2.45, 2.75) is 19.3 Å². The number of para-hydroxylation sites is 1. The number of hydrogen-bond acceptors (Lipinski definition) is 3. The van der Waals surface area contributed by atoms with Gasteiger partial charge in [-0.15, -0.1) is 0 Å². The maximum atomic E-state index is 5.65. The molecule has 1 aliphatic carbocycles. The highest BCUT2D eigenvalue weighted by Crippen LogP contribution is 2.51. The van der Waals surface area contributed by atoms with Crippen LogP contribution in [0.1, 0.15) is 25.0 Å². The first-order chi connectivity index (χ1) is 39.4. The van der Waals surface area contributed by atoms with Crippen LogP contribution in [0.3, 0.4) is 0 Å². The second kappa shape index (κ2) is 19.0. The number of hydrogen-bond donors (Lipinski definition) is 0. The van der Waals surface area contributed by atoms with Gasteiger partial charge in [0.1, 0.15) is 0 Å². The molecule has 2 aromatic heterocycles. The number of rotatable bonds is 9. The van der Waals surface area contributed by atoms with Crippen LogP contribution in [0.4, 0.5) is 0 Å². The second-order valence-electron chi connectivity index (χ2n) is 21.5. The van der Waals surface area contributed by atoms with Crippen LogP contribution in [0, 0.1) is 0 Å². The molecule has 0 saturated carbocycles. The Hall–Kier alpha value is -10.3. The molecule has 12 aromatic carbocycles. The molecule has 0 N–H and O–H groups in total. The molecular weight excluding hydrogens is 969 g/mol. The van der Waals surface area contributed by atoms with Crippen molar-refractivity contribution in [1.29, 1.82) is 0 Å². The third kappa shape index (κ3) is 7.95. The van der Waals surface area contributed by atoms with E-state index in [-0.39, 0.29) is 5.41 Å². The van der Waals surface area contributed by atoms with Gasteiger partial charge in [0.05, 0.1) is 11.0 Å². The van der Waals surface area contributed by atoms with Crippen molar-refractivity contribution >= 4 is 32.6 Å². The van der Waals surface area contributed by atoms with Gasteiger partial charge in [-0.25, -0.2) is 4.98 Å². The molecule has 2 heterocycles. The zero-order chi connectivity index (χ0) is 53.3. The van der Waals surface area contributed by atoms with E-state index in [9.17, 15) is 0 Å². The van der Waals surface area contributed by atoms with Gasteiger partial charge in [0.25, 0.3) is 0 Å². The zero-order valence-corrected chi connectivity index (χ0v) is 44.3. The van der Waals surface area contributed by atoms with Gasteiger partial charge < -0.3 is 0 Å². The lowest BCUT2D eigenvalue weighted by Crippen LogP contribution is -2.15. The summed E-state index contributed by atoms with van der Waals surface area (Å²) in [5, 5.41) is 4.66. The Morgan fingerprint density at radius 2 is 0.713 bits per heavy atom. The van der Waals surface area contributed by atoms with E-state index in [1.165, 1.54) is 49.9 Å². The van der Waals surface area contributed by atoms with E-state index >= 15 is 0 Å². The van der Waals surface area contributed by atoms with Crippen LogP contribution < -0.4 is 0 Å². The Kier molecular flexibility index (Phi) is 11.2. The minimum atomic E-state index is -0.207. The largest absolute Gasteiger partial charge is 0.278 e. The second-order valence-corrected chi connectivity index (χ2v) is 21.5. The van der Waals surface area contributed by atoms with E-state index in [4.69, 9.17) is 15.0 Å². The number of fused-ring (bicyclic) bond motifs is 7. The van der Waals surface area contributed by atoms with Gasteiger partial charge in [-0.3, -0.25) is 4.57 Å². The summed E-state index contributed by atoms with van der Waals surface area (Å²) in [6, 6.07) is 101. The van der Waals surface area contributed by atoms with Crippen molar-refractivity contribution in [1.82, 2.24) is 19.5 Å². The van der Waals surface area contributed by atoms with E-state index in [1.807, 2.05) is 6.07 Å². The maximum Gasteiger partial charge on any atom is 0.238 e. The molecule has 0 saturated heterocycles. The van der Waals surface area contributed by atoms with Crippen molar-refractivity contribution in [3.8, 4) is 107 Å². The highest BCUT2D eigenvalue weighted by molar-refractivity contribution is 6.13. The van der Waals surface area contributed by atoms with Gasteiger partial charge in [-0.2, -0.15) is 9.97 Å². The van der Waals surface area contributed by atoms with E-state index in [0.717, 1.165) is 82.8 Å². The van der Waals surface area contributed by atoms with Crippen molar-refractivity contribution in [3.05, 3.63) is 290 Å². The Morgan fingerprint density at radius 1 is 0.263 bits per heavy atom. The Morgan fingerprint density at radius 3 is 1.35 bits per heavy atom. The van der Waals surface area contributed by atoms with Crippen LogP contribution in [-0.2, 0) is 5.41 Å². The first kappa shape index (κ1) is 47.0. The molecule has 0 spiro atoms. The molecule has 80 heavy (non-hydrogen) atoms. The molecule has 4 heteroatoms. The predicted octanol–water partition coefficient (Wildman–Crippen LogP) is 19.8. The molecule has 0 unspecified atom stereocenters. The first-order valence-corrected chi connectivity index (χ1v) is 27.5. The first-order valence-electron chi connectivity index (χ1n) is 27.5. The summed E-state index contributed by atoms with van der Waals surface area (Å²) in [5.74, 6) is 1.73. The highest BCUT2D eigenvalue weighted by atomic mass is 15.2. The number of aromatic nitrogens is 4. The molecule has 0 amide bonds. The Labute approximate surface area is 465 Å². The monoisotopic (exact) mass is 1020 g/mol. The van der Waals surface area contributed by atoms with Gasteiger partial charge >= 0.3 is 0 Å². The standard InChI is InChI=1S/C76H52N4/c1-76(2)68-37-20-18-33-63(68)66-47-67-64-34-19-21-38-70(64)80(71(67)48-69(66)76)75-78-73(53-31-16-7-17-32-53)77-74(79-75)59-45-57(56-42-54(49-23-8-3-9-24-49)41-55(43-56)50-25-10-4-11-26-50)44-58(46-59)60-39-40-62(52-29-14-6-15-30-52)72-61(35-22-36-65(60)72)51-27-12-5-13-28-51/h3-48H,1-2H3. The SMILES string of the molecule is CC1(C)c2ccccc2-c2cc3c4ccccc4n(-c4nc(-c5ccccc5)nc(-c5cc(-c6cc(-c7ccccc7)cc(-c7ccccc7)c6)cc(-c6ccc(-c7ccccc7)c7c(-c8ccccc8)cccc67)c5)n4)c3cc21. The van der Waals surface area contributed by atoms with E-state index in [2.05, 4.69) is 291 Å². The fraction of sp³-hybridized carbons (Fsp3) is 0.0395. The molecule has 376 valence electrons. The van der Waals surface area contributed by atoms with E-state index < -0.39 is 0 Å². The summed E-state index contributed by atoms with van der Waals surface area (Å²) in [4.78, 5) is 16.6. The molecule has 1 aliphatic rings. The predicted molar refractivity (Wildman–Crippen MR) is 333 cm³/mol. The minimum absolute atomic E-state index is 0.207. The fourth-order valence-corrected chi connectivity index (χ4v) is 12.5. The van der Waals surface area contributed by atoms with Gasteiger partial charge in [-0.1, -0.05) is 238 Å². The van der Waals surface area contributed by atoms with Crippen LogP contribution in [-0.4, -0.2) is 19.5 Å². The van der Waals surface area contributed by atoms with Crippen molar-refractivity contribution in [3.63, 3.8) is 0 Å². The summed E-state index contributed by atoms with van der Waals surface area (Å²) in [7, 11) is 0. The zero-order valence-electron chi connectivity index (χ0n) is 44.3. The minimum Gasteiger partial charge on any atom is -0.278 e. The third-order valence-electron chi connectivity index (χ3n) is 16.4. The average Bonchev–Trinajstić information content (AvgIpc) is 4.16. The summed E-state index contributed by atoms with van der Waals surface area (Å²) >= 11 is 0. The van der Waals surface area contributed by atoms with Gasteiger partial charge in [0.2, 0.25) is 5.95 Å². The van der Waals surface area contributed by atoms with Crippen molar-refractivity contribution in [2.75, 3.05) is 0 Å². The van der Waals surface area contributed by atoms with E-state index in [1.54, 1.807) is 0 Å². The average molecular weight is 1020 g/mol. The lowest BCUT2D eigenvalue weighted by Gasteiger charge is -2.21. The molecule has 0 bridgehead atoms. The number of nitrogens with zero attached hydrogens (tertiary/aromatic N) is 4. The molecule has 0 atom stereocenters. The smallest absolute Gasteiger partial charge is 0.238 e. The van der Waals surface area contributed by atoms with Crippen LogP contribution in [0.25, 0.3) is 139 Å². The Bertz CT molecular complexity index is 4590. The summed E-state index contributed by atoms with van der Waals surface area (Å²) in [6.45, 7) is 4.68. The van der Waals surface area contributed by atoms with Crippen molar-refractivity contribution < 1.29 is 0 Å². The van der Waals surface area contributed by atoms with Crippen LogP contribution >= 0.6 is 0 Å². The Balaban J connectivity index is 1.02. The third-order valence-corrected chi connectivity index (χ3v) is 16.4. The lowest BCUT2D eigenvalue weighted by molar-refractivity contribution is 0.661. The number of benzene rings is 12. The van der Waals surface area contributed by atoms with Gasteiger partial charge in [0.15, 0.2) is 11.6 Å². The van der Waals surface area contributed by atoms with Gasteiger partial charge in [0, 0.05) is 27.3 Å². The summed E-state index contributed by atoms with van der Waals surface area (Å²) in [6.07, 6.45) is 0. The van der Waals surface area contributed by atoms with Crippen molar-refractivity contribution in [2.24, 2.45) is 0 Å². The summed E-state index contributed by atoms with van der Waals surface area (Å²) in [5.41, 5.74) is 22.4.